The molecule has 7 nitrogen and oxygen atoms in total. The molecule has 122 valence electrons. The van der Waals surface area contributed by atoms with Crippen LogP contribution < -0.4 is 14.8 Å². The van der Waals surface area contributed by atoms with Crippen molar-refractivity contribution in [2.24, 2.45) is 0 Å². The summed E-state index contributed by atoms with van der Waals surface area (Å²) in [5.41, 5.74) is 0. The van der Waals surface area contributed by atoms with Gasteiger partial charge in [-0.2, -0.15) is 0 Å². The lowest BCUT2D eigenvalue weighted by molar-refractivity contribution is -0.129. The molecule has 1 rings (SSSR count). The molecule has 0 aromatic heterocycles. The number of carbonyl (C=O) groups excluding carboxylic acids is 2. The van der Waals surface area contributed by atoms with Crippen molar-refractivity contribution in [1.29, 1.82) is 0 Å². The second kappa shape index (κ2) is 9.49. The Morgan fingerprint density at radius 3 is 2.27 bits per heavy atom. The van der Waals surface area contributed by atoms with E-state index in [4.69, 9.17) is 9.47 Å². The van der Waals surface area contributed by atoms with E-state index in [2.05, 4.69) is 10.1 Å². The highest BCUT2D eigenvalue weighted by molar-refractivity contribution is 5.73. The number of hydrogen-bond donors (Lipinski definition) is 1. The first-order chi connectivity index (χ1) is 10.6. The zero-order chi connectivity index (χ0) is 16.4. The third kappa shape index (κ3) is 6.34. The van der Waals surface area contributed by atoms with Gasteiger partial charge in [0, 0.05) is 20.0 Å². The molecule has 0 saturated carbocycles. The van der Waals surface area contributed by atoms with Crippen LogP contribution in [0.3, 0.4) is 0 Å². The van der Waals surface area contributed by atoms with Gasteiger partial charge in [0.15, 0.2) is 0 Å². The lowest BCUT2D eigenvalue weighted by Crippen LogP contribution is -2.39. The number of nitrogens with zero attached hydrogens (tertiary/aromatic N) is 1. The maximum absolute atomic E-state index is 11.5. The molecule has 2 amide bonds. The fraction of sp³-hybridized carbons (Fsp3) is 0.467. The Balaban J connectivity index is 2.34. The van der Waals surface area contributed by atoms with Crippen LogP contribution >= 0.6 is 0 Å². The summed E-state index contributed by atoms with van der Waals surface area (Å²) in [6.07, 6.45) is -0.516. The minimum absolute atomic E-state index is 0.0787. The van der Waals surface area contributed by atoms with E-state index in [1.54, 1.807) is 36.3 Å². The average molecular weight is 310 g/mol. The summed E-state index contributed by atoms with van der Waals surface area (Å²) >= 11 is 0. The lowest BCUT2D eigenvalue weighted by Gasteiger charge is -2.21. The third-order valence-electron chi connectivity index (χ3n) is 2.97. The van der Waals surface area contributed by atoms with E-state index in [-0.39, 0.29) is 5.91 Å². The number of carbonyl (C=O) groups is 2. The van der Waals surface area contributed by atoms with E-state index < -0.39 is 6.09 Å². The Morgan fingerprint density at radius 2 is 1.73 bits per heavy atom. The van der Waals surface area contributed by atoms with Gasteiger partial charge in [0.2, 0.25) is 5.91 Å². The molecule has 0 aliphatic carbocycles. The van der Waals surface area contributed by atoms with Gasteiger partial charge in [0.1, 0.15) is 18.1 Å². The zero-order valence-corrected chi connectivity index (χ0v) is 13.1. The Bertz CT molecular complexity index is 475. The number of benzene rings is 1. The third-order valence-corrected chi connectivity index (χ3v) is 2.97. The number of alkyl carbamates (subject to hydrolysis) is 1. The summed E-state index contributed by atoms with van der Waals surface area (Å²) in [5, 5.41) is 2.53. The minimum atomic E-state index is -0.516. The molecule has 0 saturated heterocycles. The lowest BCUT2D eigenvalue weighted by atomic mass is 10.3. The van der Waals surface area contributed by atoms with Crippen molar-refractivity contribution < 1.29 is 23.8 Å². The van der Waals surface area contributed by atoms with E-state index in [1.807, 2.05) is 0 Å². The van der Waals surface area contributed by atoms with Gasteiger partial charge in [-0.05, 0) is 24.3 Å². The Kier molecular flexibility index (Phi) is 7.60. The molecule has 1 aromatic carbocycles. The maximum atomic E-state index is 11.5. The van der Waals surface area contributed by atoms with Crippen LogP contribution in [-0.2, 0) is 9.53 Å². The number of methoxy groups -OCH3 is 2. The average Bonchev–Trinajstić information content (AvgIpc) is 2.53. The number of ether oxygens (including phenoxy) is 3. The van der Waals surface area contributed by atoms with Crippen molar-refractivity contribution in [2.75, 3.05) is 40.5 Å². The van der Waals surface area contributed by atoms with Gasteiger partial charge in [-0.1, -0.05) is 0 Å². The van der Waals surface area contributed by atoms with E-state index in [9.17, 15) is 9.59 Å². The van der Waals surface area contributed by atoms with Gasteiger partial charge < -0.3 is 24.4 Å². The predicted octanol–water partition coefficient (Wildman–Crippen LogP) is 1.28. The molecule has 1 N–H and O–H groups in total. The van der Waals surface area contributed by atoms with Crippen molar-refractivity contribution in [3.8, 4) is 11.5 Å². The van der Waals surface area contributed by atoms with E-state index in [0.29, 0.717) is 32.0 Å². The second-order valence-electron chi connectivity index (χ2n) is 4.45. The van der Waals surface area contributed by atoms with Gasteiger partial charge >= 0.3 is 6.09 Å². The quantitative estimate of drug-likeness (QED) is 0.782. The largest absolute Gasteiger partial charge is 0.497 e. The summed E-state index contributed by atoms with van der Waals surface area (Å²) in [7, 11) is 2.89. The van der Waals surface area contributed by atoms with Crippen LogP contribution in [0, 0.1) is 0 Å². The van der Waals surface area contributed by atoms with Crippen molar-refractivity contribution >= 4 is 12.0 Å². The molecule has 1 aromatic rings. The Hall–Kier alpha value is -2.44. The Morgan fingerprint density at radius 1 is 1.09 bits per heavy atom. The SMILES string of the molecule is COC(=O)NCCN(CCOc1ccc(OC)cc1)C(C)=O. The van der Waals surface area contributed by atoms with Crippen LogP contribution in [0.1, 0.15) is 6.92 Å². The van der Waals surface area contributed by atoms with Gasteiger partial charge in [-0.15, -0.1) is 0 Å². The van der Waals surface area contributed by atoms with Crippen LogP contribution in [0.25, 0.3) is 0 Å². The highest BCUT2D eigenvalue weighted by Crippen LogP contribution is 2.16. The van der Waals surface area contributed by atoms with Gasteiger partial charge in [0.05, 0.1) is 20.8 Å². The molecule has 7 heteroatoms. The fourth-order valence-electron chi connectivity index (χ4n) is 1.74. The summed E-state index contributed by atoms with van der Waals surface area (Å²) < 4.78 is 15.1. The van der Waals surface area contributed by atoms with Gasteiger partial charge in [0.25, 0.3) is 0 Å². The number of amides is 2. The highest BCUT2D eigenvalue weighted by atomic mass is 16.5. The summed E-state index contributed by atoms with van der Waals surface area (Å²) in [6, 6.07) is 7.21. The first-order valence-electron chi connectivity index (χ1n) is 6.91. The fourth-order valence-corrected chi connectivity index (χ4v) is 1.74. The first kappa shape index (κ1) is 17.6. The Labute approximate surface area is 130 Å². The summed E-state index contributed by atoms with van der Waals surface area (Å²) in [4.78, 5) is 24.1. The molecule has 0 radical (unpaired) electrons. The highest BCUT2D eigenvalue weighted by Gasteiger charge is 2.09. The molecule has 0 bridgehead atoms. The summed E-state index contributed by atoms with van der Waals surface area (Å²) in [6.45, 7) is 3.01. The number of rotatable bonds is 8. The molecule has 0 fully saturated rings. The normalized spacial score (nSPS) is 9.77. The standard InChI is InChI=1S/C15H22N2O5/c1-12(18)17(9-8-16-15(19)21-3)10-11-22-14-6-4-13(20-2)5-7-14/h4-7H,8-11H2,1-3H3,(H,16,19). The smallest absolute Gasteiger partial charge is 0.406 e. The van der Waals surface area contributed by atoms with Crippen molar-refractivity contribution in [2.45, 2.75) is 6.92 Å². The van der Waals surface area contributed by atoms with Crippen molar-refractivity contribution in [3.63, 3.8) is 0 Å². The molecule has 0 unspecified atom stereocenters. The first-order valence-corrected chi connectivity index (χ1v) is 6.91. The number of hydrogen-bond acceptors (Lipinski definition) is 5. The van der Waals surface area contributed by atoms with Gasteiger partial charge in [-0.3, -0.25) is 4.79 Å². The maximum Gasteiger partial charge on any atom is 0.406 e. The van der Waals surface area contributed by atoms with Gasteiger partial charge in [-0.25, -0.2) is 4.79 Å². The van der Waals surface area contributed by atoms with Crippen LogP contribution in [0.5, 0.6) is 11.5 Å². The van der Waals surface area contributed by atoms with E-state index in [1.165, 1.54) is 14.0 Å². The molecule has 0 aliphatic rings. The molecule has 0 spiro atoms. The predicted molar refractivity (Wildman–Crippen MR) is 81.2 cm³/mol. The topological polar surface area (TPSA) is 77.1 Å². The molecule has 22 heavy (non-hydrogen) atoms. The van der Waals surface area contributed by atoms with Crippen molar-refractivity contribution in [3.05, 3.63) is 24.3 Å². The molecule has 0 heterocycles. The van der Waals surface area contributed by atoms with E-state index in [0.717, 1.165) is 5.75 Å². The monoisotopic (exact) mass is 310 g/mol. The minimum Gasteiger partial charge on any atom is -0.497 e. The van der Waals surface area contributed by atoms with Crippen LogP contribution in [0.2, 0.25) is 0 Å². The number of nitrogens with one attached hydrogen (secondary N) is 1. The van der Waals surface area contributed by atoms with E-state index >= 15 is 0 Å². The molecular weight excluding hydrogens is 288 g/mol. The van der Waals surface area contributed by atoms with Crippen molar-refractivity contribution in [1.82, 2.24) is 10.2 Å². The second-order valence-corrected chi connectivity index (χ2v) is 4.45. The van der Waals surface area contributed by atoms with Crippen LogP contribution in [-0.4, -0.2) is 57.4 Å². The molecular formula is C15H22N2O5. The molecule has 0 aliphatic heterocycles. The summed E-state index contributed by atoms with van der Waals surface area (Å²) in [5.74, 6) is 1.38. The van der Waals surface area contributed by atoms with Crippen LogP contribution in [0.15, 0.2) is 24.3 Å². The van der Waals surface area contributed by atoms with Crippen LogP contribution in [0.4, 0.5) is 4.79 Å². The zero-order valence-electron chi connectivity index (χ0n) is 13.1. The molecule has 0 atom stereocenters.